The summed E-state index contributed by atoms with van der Waals surface area (Å²) in [6.07, 6.45) is 0. The van der Waals surface area contributed by atoms with Gasteiger partial charge in [-0.25, -0.2) is 9.97 Å². The molecular formula is C14H17N5OS. The molecule has 0 amide bonds. The van der Waals surface area contributed by atoms with Crippen molar-refractivity contribution in [1.82, 2.24) is 15.0 Å². The van der Waals surface area contributed by atoms with Crippen LogP contribution in [-0.4, -0.2) is 21.5 Å². The monoisotopic (exact) mass is 303 g/mol. The summed E-state index contributed by atoms with van der Waals surface area (Å²) in [6.45, 7) is 7.16. The van der Waals surface area contributed by atoms with Crippen LogP contribution in [0.2, 0.25) is 0 Å². The van der Waals surface area contributed by atoms with Gasteiger partial charge in [0.2, 0.25) is 11.8 Å². The molecule has 0 unspecified atom stereocenters. The highest BCUT2D eigenvalue weighted by Gasteiger charge is 2.10. The van der Waals surface area contributed by atoms with Crippen LogP contribution >= 0.6 is 11.3 Å². The highest BCUT2D eigenvalue weighted by Crippen LogP contribution is 2.26. The number of nitrogens with zero attached hydrogens (tertiary/aromatic N) is 3. The average Bonchev–Trinajstić information content (AvgIpc) is 3.04. The fraction of sp³-hybridized carbons (Fsp3) is 0.357. The van der Waals surface area contributed by atoms with Crippen LogP contribution in [0.4, 0.5) is 11.8 Å². The van der Waals surface area contributed by atoms with E-state index in [0.717, 1.165) is 34.0 Å². The number of oxazole rings is 1. The number of nitrogens with one attached hydrogen (secondary N) is 2. The molecule has 6 nitrogen and oxygen atoms in total. The lowest BCUT2D eigenvalue weighted by Crippen LogP contribution is -2.07. The predicted molar refractivity (Wildman–Crippen MR) is 84.9 cm³/mol. The van der Waals surface area contributed by atoms with Gasteiger partial charge >= 0.3 is 0 Å². The van der Waals surface area contributed by atoms with E-state index in [-0.39, 0.29) is 0 Å². The lowest BCUT2D eigenvalue weighted by molar-refractivity contribution is 0.478. The van der Waals surface area contributed by atoms with Gasteiger partial charge in [-0.15, -0.1) is 11.3 Å². The minimum Gasteiger partial charge on any atom is -0.444 e. The predicted octanol–water partition coefficient (Wildman–Crippen LogP) is 3.34. The van der Waals surface area contributed by atoms with Gasteiger partial charge in [-0.3, -0.25) is 0 Å². The molecule has 0 bridgehead atoms. The summed E-state index contributed by atoms with van der Waals surface area (Å²) in [6, 6.07) is 2.02. The van der Waals surface area contributed by atoms with Crippen LogP contribution in [0.5, 0.6) is 0 Å². The normalized spacial score (nSPS) is 11.0. The second-order valence-corrected chi connectivity index (χ2v) is 5.56. The zero-order chi connectivity index (χ0) is 14.8. The van der Waals surface area contributed by atoms with Crippen LogP contribution in [-0.2, 0) is 6.54 Å². The quantitative estimate of drug-likeness (QED) is 0.753. The van der Waals surface area contributed by atoms with E-state index in [1.165, 1.54) is 0 Å². The molecule has 21 heavy (non-hydrogen) atoms. The first-order chi connectivity index (χ1) is 10.2. The molecule has 0 aliphatic heterocycles. The maximum atomic E-state index is 5.58. The molecule has 0 fully saturated rings. The molecule has 3 aromatic rings. The molecule has 3 rings (SSSR count). The van der Waals surface area contributed by atoms with Crippen molar-refractivity contribution in [2.75, 3.05) is 17.2 Å². The number of aryl methyl sites for hydroxylation is 2. The van der Waals surface area contributed by atoms with Gasteiger partial charge < -0.3 is 15.1 Å². The van der Waals surface area contributed by atoms with E-state index in [1.54, 1.807) is 11.3 Å². The lowest BCUT2D eigenvalue weighted by Gasteiger charge is -2.07. The molecule has 2 N–H and O–H groups in total. The average molecular weight is 303 g/mol. The Bertz CT molecular complexity index is 744. The van der Waals surface area contributed by atoms with Gasteiger partial charge in [-0.1, -0.05) is 0 Å². The first kappa shape index (κ1) is 13.8. The highest BCUT2D eigenvalue weighted by molar-refractivity contribution is 7.16. The van der Waals surface area contributed by atoms with Gasteiger partial charge in [0.15, 0.2) is 0 Å². The van der Waals surface area contributed by atoms with E-state index in [1.807, 2.05) is 32.2 Å². The molecule has 3 aromatic heterocycles. The minimum absolute atomic E-state index is 0.502. The summed E-state index contributed by atoms with van der Waals surface area (Å²) in [4.78, 5) is 14.3. The van der Waals surface area contributed by atoms with Gasteiger partial charge in [0.25, 0.3) is 0 Å². The Kier molecular flexibility index (Phi) is 3.74. The Morgan fingerprint density at radius 2 is 2.05 bits per heavy atom. The largest absolute Gasteiger partial charge is 0.444 e. The van der Waals surface area contributed by atoms with Crippen molar-refractivity contribution in [3.63, 3.8) is 0 Å². The maximum Gasteiger partial charge on any atom is 0.226 e. The summed E-state index contributed by atoms with van der Waals surface area (Å²) < 4.78 is 5.58. The van der Waals surface area contributed by atoms with Crippen molar-refractivity contribution in [1.29, 1.82) is 0 Å². The third-order valence-electron chi connectivity index (χ3n) is 3.14. The third-order valence-corrected chi connectivity index (χ3v) is 3.95. The van der Waals surface area contributed by atoms with Gasteiger partial charge in [-0.05, 0) is 32.2 Å². The van der Waals surface area contributed by atoms with Gasteiger partial charge in [0.1, 0.15) is 16.4 Å². The minimum atomic E-state index is 0.502. The molecule has 0 aromatic carbocycles. The first-order valence-corrected chi connectivity index (χ1v) is 7.71. The molecule has 3 heterocycles. The summed E-state index contributed by atoms with van der Waals surface area (Å²) in [5, 5.41) is 9.46. The maximum absolute atomic E-state index is 5.58. The number of fused-ring (bicyclic) bond motifs is 1. The molecule has 7 heteroatoms. The van der Waals surface area contributed by atoms with Gasteiger partial charge in [-0.2, -0.15) is 4.98 Å². The molecule has 0 aliphatic carbocycles. The molecule has 110 valence electrons. The van der Waals surface area contributed by atoms with E-state index in [9.17, 15) is 0 Å². The van der Waals surface area contributed by atoms with Crippen LogP contribution in [0, 0.1) is 13.8 Å². The standard InChI is InChI=1S/C14H17N5OS/c1-4-15-14-18-12(10-5-6-21-13(10)19-14)16-7-11-17-8(2)9(3)20-11/h5-6H,4,7H2,1-3H3,(H2,15,16,18,19). The van der Waals surface area contributed by atoms with Crippen molar-refractivity contribution >= 4 is 33.3 Å². The highest BCUT2D eigenvalue weighted by atomic mass is 32.1. The molecule has 0 radical (unpaired) electrons. The lowest BCUT2D eigenvalue weighted by atomic mass is 10.4. The smallest absolute Gasteiger partial charge is 0.226 e. The molecular weight excluding hydrogens is 286 g/mol. The van der Waals surface area contributed by atoms with Crippen LogP contribution in [0.15, 0.2) is 15.9 Å². The van der Waals surface area contributed by atoms with Crippen LogP contribution < -0.4 is 10.6 Å². The summed E-state index contributed by atoms with van der Waals surface area (Å²) >= 11 is 1.60. The van der Waals surface area contributed by atoms with E-state index in [4.69, 9.17) is 4.42 Å². The topological polar surface area (TPSA) is 75.9 Å². The summed E-state index contributed by atoms with van der Waals surface area (Å²) in [5.74, 6) is 2.95. The first-order valence-electron chi connectivity index (χ1n) is 6.83. The van der Waals surface area contributed by atoms with Crippen LogP contribution in [0.25, 0.3) is 10.2 Å². The van der Waals surface area contributed by atoms with Gasteiger partial charge in [0, 0.05) is 6.54 Å². The number of hydrogen-bond acceptors (Lipinski definition) is 7. The Morgan fingerprint density at radius 1 is 1.19 bits per heavy atom. The van der Waals surface area contributed by atoms with E-state index < -0.39 is 0 Å². The van der Waals surface area contributed by atoms with E-state index in [0.29, 0.717) is 18.4 Å². The number of hydrogen-bond donors (Lipinski definition) is 2. The van der Waals surface area contributed by atoms with Crippen LogP contribution in [0.3, 0.4) is 0 Å². The second-order valence-electron chi connectivity index (χ2n) is 4.67. The molecule has 0 aliphatic rings. The summed E-state index contributed by atoms with van der Waals surface area (Å²) in [5.41, 5.74) is 0.920. The fourth-order valence-corrected chi connectivity index (χ4v) is 2.77. The molecule has 0 saturated heterocycles. The third kappa shape index (κ3) is 2.82. The zero-order valence-electron chi connectivity index (χ0n) is 12.2. The number of thiophene rings is 1. The Morgan fingerprint density at radius 3 is 2.76 bits per heavy atom. The summed E-state index contributed by atoms with van der Waals surface area (Å²) in [7, 11) is 0. The van der Waals surface area contributed by atoms with Gasteiger partial charge in [0.05, 0.1) is 17.6 Å². The zero-order valence-corrected chi connectivity index (χ0v) is 13.0. The van der Waals surface area contributed by atoms with Crippen molar-refractivity contribution in [2.24, 2.45) is 0 Å². The Balaban J connectivity index is 1.86. The van der Waals surface area contributed by atoms with Crippen molar-refractivity contribution in [2.45, 2.75) is 27.3 Å². The van der Waals surface area contributed by atoms with Crippen LogP contribution in [0.1, 0.15) is 24.3 Å². The molecule has 0 saturated carbocycles. The van der Waals surface area contributed by atoms with Crippen molar-refractivity contribution in [3.05, 3.63) is 28.8 Å². The fourth-order valence-electron chi connectivity index (χ4n) is 2.00. The molecule has 0 atom stereocenters. The Labute approximate surface area is 126 Å². The molecule has 0 spiro atoms. The van der Waals surface area contributed by atoms with Crippen molar-refractivity contribution < 1.29 is 4.42 Å². The number of rotatable bonds is 5. The van der Waals surface area contributed by atoms with E-state index in [2.05, 4.69) is 25.6 Å². The second kappa shape index (κ2) is 5.69. The SMILES string of the molecule is CCNc1nc(NCc2nc(C)c(C)o2)c2ccsc2n1. The van der Waals surface area contributed by atoms with E-state index >= 15 is 0 Å². The number of aromatic nitrogens is 3. The van der Waals surface area contributed by atoms with Crippen molar-refractivity contribution in [3.8, 4) is 0 Å². The Hall–Kier alpha value is -2.15. The number of anilines is 2.